The third kappa shape index (κ3) is 5.44. The molecule has 0 saturated heterocycles. The number of methoxy groups -OCH3 is 2. The van der Waals surface area contributed by atoms with Gasteiger partial charge in [-0.1, -0.05) is 13.0 Å². The average molecular weight is 435 g/mol. The predicted octanol–water partition coefficient (Wildman–Crippen LogP) is 3.43. The SMILES string of the molecule is CC[C@@H](C)NC(=O)CN(c1cc(C)cc(C)c1)S(=O)(=O)c1ccc(OC)c(OC)c1. The fourth-order valence-electron chi connectivity index (χ4n) is 3.07. The first-order valence-electron chi connectivity index (χ1n) is 9.74. The summed E-state index contributed by atoms with van der Waals surface area (Å²) in [7, 11) is -1.13. The molecule has 30 heavy (non-hydrogen) atoms. The zero-order valence-corrected chi connectivity index (χ0v) is 19.2. The lowest BCUT2D eigenvalue weighted by Crippen LogP contribution is -2.43. The van der Waals surface area contributed by atoms with Crippen LogP contribution in [0.3, 0.4) is 0 Å². The van der Waals surface area contributed by atoms with Crippen LogP contribution in [0.25, 0.3) is 0 Å². The van der Waals surface area contributed by atoms with E-state index in [1.165, 1.54) is 32.4 Å². The van der Waals surface area contributed by atoms with Gasteiger partial charge >= 0.3 is 0 Å². The molecule has 0 unspecified atom stereocenters. The maximum absolute atomic E-state index is 13.6. The Morgan fingerprint density at radius 1 is 1.03 bits per heavy atom. The minimum absolute atomic E-state index is 0.00986. The summed E-state index contributed by atoms with van der Waals surface area (Å²) in [6.45, 7) is 7.27. The van der Waals surface area contributed by atoms with Gasteiger partial charge in [0.25, 0.3) is 10.0 Å². The van der Waals surface area contributed by atoms with Crippen molar-refractivity contribution in [1.82, 2.24) is 5.32 Å². The first-order valence-corrected chi connectivity index (χ1v) is 11.2. The van der Waals surface area contributed by atoms with Crippen molar-refractivity contribution in [3.8, 4) is 11.5 Å². The smallest absolute Gasteiger partial charge is 0.264 e. The number of nitrogens with zero attached hydrogens (tertiary/aromatic N) is 1. The molecular weight excluding hydrogens is 404 g/mol. The molecule has 2 rings (SSSR count). The number of sulfonamides is 1. The van der Waals surface area contributed by atoms with Crippen molar-refractivity contribution in [1.29, 1.82) is 0 Å². The van der Waals surface area contributed by atoms with Crippen LogP contribution >= 0.6 is 0 Å². The largest absolute Gasteiger partial charge is 0.493 e. The molecule has 0 bridgehead atoms. The topological polar surface area (TPSA) is 84.9 Å². The Balaban J connectivity index is 2.55. The van der Waals surface area contributed by atoms with E-state index in [4.69, 9.17) is 9.47 Å². The number of carbonyl (C=O) groups excluding carboxylic acids is 1. The van der Waals surface area contributed by atoms with Gasteiger partial charge in [0.2, 0.25) is 5.91 Å². The summed E-state index contributed by atoms with van der Waals surface area (Å²) in [6, 6.07) is 9.77. The Morgan fingerprint density at radius 3 is 2.17 bits per heavy atom. The highest BCUT2D eigenvalue weighted by molar-refractivity contribution is 7.92. The summed E-state index contributed by atoms with van der Waals surface area (Å²) in [4.78, 5) is 12.6. The van der Waals surface area contributed by atoms with Crippen LogP contribution in [0.4, 0.5) is 5.69 Å². The van der Waals surface area contributed by atoms with Crippen molar-refractivity contribution in [2.24, 2.45) is 0 Å². The molecule has 1 atom stereocenters. The summed E-state index contributed by atoms with van der Waals surface area (Å²) < 4.78 is 38.7. The first-order chi connectivity index (χ1) is 14.1. The molecule has 0 aliphatic rings. The maximum Gasteiger partial charge on any atom is 0.264 e. The zero-order valence-electron chi connectivity index (χ0n) is 18.4. The second-order valence-corrected chi connectivity index (χ2v) is 9.11. The number of rotatable bonds is 9. The summed E-state index contributed by atoms with van der Waals surface area (Å²) in [5, 5.41) is 2.83. The van der Waals surface area contributed by atoms with Crippen LogP contribution in [0.15, 0.2) is 41.3 Å². The molecular formula is C22H30N2O5S. The van der Waals surface area contributed by atoms with E-state index in [1.54, 1.807) is 12.1 Å². The highest BCUT2D eigenvalue weighted by Crippen LogP contribution is 2.32. The van der Waals surface area contributed by atoms with E-state index in [0.29, 0.717) is 17.2 Å². The maximum atomic E-state index is 13.6. The summed E-state index contributed by atoms with van der Waals surface area (Å²) in [5.41, 5.74) is 2.24. The minimum atomic E-state index is -4.05. The van der Waals surface area contributed by atoms with Crippen LogP contribution in [0, 0.1) is 13.8 Å². The molecule has 164 valence electrons. The quantitative estimate of drug-likeness (QED) is 0.654. The molecule has 0 spiro atoms. The van der Waals surface area contributed by atoms with Crippen LogP contribution in [0.5, 0.6) is 11.5 Å². The molecule has 1 amide bonds. The fraction of sp³-hybridized carbons (Fsp3) is 0.409. The summed E-state index contributed by atoms with van der Waals surface area (Å²) in [6.07, 6.45) is 0.748. The van der Waals surface area contributed by atoms with Crippen molar-refractivity contribution in [2.75, 3.05) is 25.1 Å². The first kappa shape index (κ1) is 23.5. The van der Waals surface area contributed by atoms with E-state index in [9.17, 15) is 13.2 Å². The zero-order chi connectivity index (χ0) is 22.5. The lowest BCUT2D eigenvalue weighted by atomic mass is 10.1. The normalized spacial score (nSPS) is 12.2. The summed E-state index contributed by atoms with van der Waals surface area (Å²) >= 11 is 0. The lowest BCUT2D eigenvalue weighted by Gasteiger charge is -2.26. The van der Waals surface area contributed by atoms with Gasteiger partial charge in [-0.2, -0.15) is 0 Å². The molecule has 0 heterocycles. The highest BCUT2D eigenvalue weighted by Gasteiger charge is 2.29. The Morgan fingerprint density at radius 2 is 1.63 bits per heavy atom. The number of ether oxygens (including phenoxy) is 2. The van der Waals surface area contributed by atoms with Crippen molar-refractivity contribution in [3.63, 3.8) is 0 Å². The number of benzene rings is 2. The van der Waals surface area contributed by atoms with Crippen LogP contribution in [0.1, 0.15) is 31.4 Å². The second kappa shape index (κ2) is 9.84. The molecule has 2 aromatic rings. The third-order valence-electron chi connectivity index (χ3n) is 4.74. The monoisotopic (exact) mass is 434 g/mol. The van der Waals surface area contributed by atoms with Gasteiger partial charge in [0, 0.05) is 12.1 Å². The van der Waals surface area contributed by atoms with E-state index in [-0.39, 0.29) is 23.4 Å². The Labute approximate surface area is 179 Å². The van der Waals surface area contributed by atoms with E-state index in [0.717, 1.165) is 21.9 Å². The summed E-state index contributed by atoms with van der Waals surface area (Å²) in [5.74, 6) is 0.347. The van der Waals surface area contributed by atoms with Gasteiger partial charge in [-0.05, 0) is 62.6 Å². The Kier molecular flexibility index (Phi) is 7.72. The number of hydrogen-bond donors (Lipinski definition) is 1. The van der Waals surface area contributed by atoms with Crippen LogP contribution in [-0.4, -0.2) is 41.1 Å². The number of amides is 1. The number of hydrogen-bond acceptors (Lipinski definition) is 5. The number of carbonyl (C=O) groups is 1. The average Bonchev–Trinajstić information content (AvgIpc) is 2.70. The second-order valence-electron chi connectivity index (χ2n) is 7.25. The van der Waals surface area contributed by atoms with E-state index >= 15 is 0 Å². The Bertz CT molecular complexity index is 984. The van der Waals surface area contributed by atoms with E-state index in [1.807, 2.05) is 33.8 Å². The van der Waals surface area contributed by atoms with Crippen molar-refractivity contribution >= 4 is 21.6 Å². The highest BCUT2D eigenvalue weighted by atomic mass is 32.2. The van der Waals surface area contributed by atoms with Gasteiger partial charge in [-0.15, -0.1) is 0 Å². The minimum Gasteiger partial charge on any atom is -0.493 e. The lowest BCUT2D eigenvalue weighted by molar-refractivity contribution is -0.120. The van der Waals surface area contributed by atoms with Gasteiger partial charge in [-0.25, -0.2) is 8.42 Å². The molecule has 0 radical (unpaired) electrons. The molecule has 0 aromatic heterocycles. The molecule has 1 N–H and O–H groups in total. The third-order valence-corrected chi connectivity index (χ3v) is 6.51. The molecule has 0 fully saturated rings. The molecule has 8 heteroatoms. The van der Waals surface area contributed by atoms with Gasteiger partial charge < -0.3 is 14.8 Å². The van der Waals surface area contributed by atoms with Crippen LogP contribution in [0.2, 0.25) is 0 Å². The number of aryl methyl sites for hydroxylation is 2. The molecule has 0 saturated carbocycles. The van der Waals surface area contributed by atoms with Gasteiger partial charge in [0.1, 0.15) is 6.54 Å². The van der Waals surface area contributed by atoms with Crippen LogP contribution < -0.4 is 19.1 Å². The van der Waals surface area contributed by atoms with E-state index in [2.05, 4.69) is 5.32 Å². The van der Waals surface area contributed by atoms with Gasteiger partial charge in [0.15, 0.2) is 11.5 Å². The van der Waals surface area contributed by atoms with Crippen LogP contribution in [-0.2, 0) is 14.8 Å². The molecule has 0 aliphatic carbocycles. The van der Waals surface area contributed by atoms with Gasteiger partial charge in [0.05, 0.1) is 24.8 Å². The molecule has 2 aromatic carbocycles. The van der Waals surface area contributed by atoms with Crippen molar-refractivity contribution in [2.45, 2.75) is 45.1 Å². The molecule has 0 aliphatic heterocycles. The van der Waals surface area contributed by atoms with E-state index < -0.39 is 10.0 Å². The number of anilines is 1. The number of nitrogens with one attached hydrogen (secondary N) is 1. The van der Waals surface area contributed by atoms with Gasteiger partial charge in [-0.3, -0.25) is 9.10 Å². The van der Waals surface area contributed by atoms with Crippen molar-refractivity contribution < 1.29 is 22.7 Å². The van der Waals surface area contributed by atoms with Crippen molar-refractivity contribution in [3.05, 3.63) is 47.5 Å². The Hall–Kier alpha value is -2.74. The molecule has 7 nitrogen and oxygen atoms in total. The fourth-order valence-corrected chi connectivity index (χ4v) is 4.49. The standard InChI is InChI=1S/C22H30N2O5S/c1-7-17(4)23-22(25)14-24(18-11-15(2)10-16(3)12-18)30(26,27)19-8-9-20(28-5)21(13-19)29-6/h8-13,17H,7,14H2,1-6H3,(H,23,25)/t17-/m1/s1. The predicted molar refractivity (Wildman–Crippen MR) is 118 cm³/mol.